The summed E-state index contributed by atoms with van der Waals surface area (Å²) in [6, 6.07) is 4.87. The van der Waals surface area contributed by atoms with Gasteiger partial charge in [-0.25, -0.2) is 14.8 Å². The molecule has 1 aliphatic heterocycles. The number of aromatic nitrogens is 2. The maximum Gasteiger partial charge on any atom is 0.319 e. The first kappa shape index (κ1) is 17.2. The van der Waals surface area contributed by atoms with Crippen molar-refractivity contribution in [2.45, 2.75) is 13.8 Å². The Morgan fingerprint density at radius 2 is 1.92 bits per heavy atom. The SMILES string of the molecule is Cc1nc2ccc(NC(=O)NCCN3C(=O)CSC3=O)cc2nc1C. The largest absolute Gasteiger partial charge is 0.336 e. The zero-order valence-electron chi connectivity index (χ0n) is 13.8. The molecular weight excluding hydrogens is 342 g/mol. The predicted octanol–water partition coefficient (Wildman–Crippen LogP) is 2.06. The summed E-state index contributed by atoms with van der Waals surface area (Å²) in [7, 11) is 0. The van der Waals surface area contributed by atoms with Gasteiger partial charge in [0, 0.05) is 18.8 Å². The Kier molecular flexibility index (Phi) is 4.84. The number of thioether (sulfide) groups is 1. The molecule has 3 rings (SSSR count). The minimum absolute atomic E-state index is 0.166. The molecule has 0 radical (unpaired) electrons. The molecule has 1 aliphatic rings. The quantitative estimate of drug-likeness (QED) is 0.866. The lowest BCUT2D eigenvalue weighted by Gasteiger charge is -2.13. The van der Waals surface area contributed by atoms with Gasteiger partial charge < -0.3 is 10.6 Å². The van der Waals surface area contributed by atoms with Gasteiger partial charge >= 0.3 is 6.03 Å². The third-order valence-corrected chi connectivity index (χ3v) is 4.65. The molecular formula is C16H17N5O3S. The summed E-state index contributed by atoms with van der Waals surface area (Å²) in [4.78, 5) is 44.9. The number of rotatable bonds is 4. The van der Waals surface area contributed by atoms with Gasteiger partial charge in [0.05, 0.1) is 28.2 Å². The second-order valence-corrected chi connectivity index (χ2v) is 6.51. The van der Waals surface area contributed by atoms with E-state index in [0.29, 0.717) is 11.2 Å². The Bertz CT molecular complexity index is 854. The molecule has 130 valence electrons. The van der Waals surface area contributed by atoms with E-state index in [1.54, 1.807) is 18.2 Å². The van der Waals surface area contributed by atoms with Crippen molar-refractivity contribution >= 4 is 45.7 Å². The van der Waals surface area contributed by atoms with Crippen molar-refractivity contribution in [3.8, 4) is 0 Å². The minimum atomic E-state index is -0.414. The van der Waals surface area contributed by atoms with Crippen molar-refractivity contribution in [1.29, 1.82) is 0 Å². The van der Waals surface area contributed by atoms with E-state index in [2.05, 4.69) is 20.6 Å². The maximum atomic E-state index is 12.0. The first-order valence-corrected chi connectivity index (χ1v) is 8.69. The second-order valence-electron chi connectivity index (χ2n) is 5.58. The van der Waals surface area contributed by atoms with Crippen LogP contribution in [0.4, 0.5) is 15.3 Å². The molecule has 0 bridgehead atoms. The Labute approximate surface area is 148 Å². The van der Waals surface area contributed by atoms with Gasteiger partial charge in [-0.1, -0.05) is 11.8 Å². The van der Waals surface area contributed by atoms with Crippen molar-refractivity contribution in [2.24, 2.45) is 0 Å². The van der Waals surface area contributed by atoms with Crippen LogP contribution >= 0.6 is 11.8 Å². The minimum Gasteiger partial charge on any atom is -0.336 e. The lowest BCUT2D eigenvalue weighted by Crippen LogP contribution is -2.39. The highest BCUT2D eigenvalue weighted by Gasteiger charge is 2.29. The molecule has 2 N–H and O–H groups in total. The van der Waals surface area contributed by atoms with Crippen LogP contribution in [0, 0.1) is 13.8 Å². The van der Waals surface area contributed by atoms with E-state index in [1.165, 1.54) is 0 Å². The smallest absolute Gasteiger partial charge is 0.319 e. The van der Waals surface area contributed by atoms with Gasteiger partial charge in [0.25, 0.3) is 5.24 Å². The summed E-state index contributed by atoms with van der Waals surface area (Å²) >= 11 is 0.974. The highest BCUT2D eigenvalue weighted by atomic mass is 32.2. The number of benzene rings is 1. The van der Waals surface area contributed by atoms with Crippen molar-refractivity contribution in [3.63, 3.8) is 0 Å². The topological polar surface area (TPSA) is 104 Å². The summed E-state index contributed by atoms with van der Waals surface area (Å²) in [5.41, 5.74) is 3.76. The fourth-order valence-corrected chi connectivity index (χ4v) is 3.11. The van der Waals surface area contributed by atoms with E-state index in [9.17, 15) is 14.4 Å². The fourth-order valence-electron chi connectivity index (χ4n) is 2.36. The molecule has 9 heteroatoms. The number of urea groups is 1. The van der Waals surface area contributed by atoms with Crippen LogP contribution in [0.3, 0.4) is 0 Å². The summed E-state index contributed by atoms with van der Waals surface area (Å²) in [6.45, 7) is 4.14. The molecule has 1 aromatic carbocycles. The summed E-state index contributed by atoms with van der Waals surface area (Å²) in [5, 5.41) is 5.06. The van der Waals surface area contributed by atoms with Gasteiger partial charge in [0.2, 0.25) is 5.91 Å². The van der Waals surface area contributed by atoms with Gasteiger partial charge in [-0.05, 0) is 32.0 Å². The molecule has 0 atom stereocenters. The van der Waals surface area contributed by atoms with Crippen molar-refractivity contribution in [1.82, 2.24) is 20.2 Å². The Balaban J connectivity index is 1.57. The van der Waals surface area contributed by atoms with Gasteiger partial charge in [0.1, 0.15) is 0 Å². The molecule has 0 unspecified atom stereocenters. The lowest BCUT2D eigenvalue weighted by atomic mass is 10.2. The lowest BCUT2D eigenvalue weighted by molar-refractivity contribution is -0.124. The normalized spacial score (nSPS) is 14.2. The van der Waals surface area contributed by atoms with Crippen LogP contribution in [-0.4, -0.2) is 50.9 Å². The molecule has 4 amide bonds. The zero-order chi connectivity index (χ0) is 18.0. The van der Waals surface area contributed by atoms with Gasteiger partial charge in [0.15, 0.2) is 0 Å². The Hall–Kier alpha value is -2.68. The summed E-state index contributed by atoms with van der Waals surface area (Å²) in [5.74, 6) is -0.0573. The number of nitrogens with zero attached hydrogens (tertiary/aromatic N) is 3. The average Bonchev–Trinajstić information content (AvgIpc) is 2.88. The average molecular weight is 359 g/mol. The number of carbonyl (C=O) groups excluding carboxylic acids is 3. The molecule has 0 spiro atoms. The number of anilines is 1. The van der Waals surface area contributed by atoms with E-state index in [-0.39, 0.29) is 30.0 Å². The summed E-state index contributed by atoms with van der Waals surface area (Å²) < 4.78 is 0. The number of hydrogen-bond donors (Lipinski definition) is 2. The van der Waals surface area contributed by atoms with Crippen LogP contribution in [-0.2, 0) is 4.79 Å². The standard InChI is InChI=1S/C16H17N5O3S/c1-9-10(2)19-13-7-11(3-4-12(13)18-9)20-15(23)17-5-6-21-14(22)8-25-16(21)24/h3-4,7H,5-6,8H2,1-2H3,(H2,17,20,23). The number of fused-ring (bicyclic) bond motifs is 1. The number of aryl methyl sites for hydroxylation is 2. The summed E-state index contributed by atoms with van der Waals surface area (Å²) in [6.07, 6.45) is 0. The Morgan fingerprint density at radius 1 is 1.20 bits per heavy atom. The van der Waals surface area contributed by atoms with Crippen molar-refractivity contribution in [3.05, 3.63) is 29.6 Å². The molecule has 25 heavy (non-hydrogen) atoms. The van der Waals surface area contributed by atoms with Crippen LogP contribution in [0.25, 0.3) is 11.0 Å². The van der Waals surface area contributed by atoms with Crippen LogP contribution in [0.1, 0.15) is 11.4 Å². The third-order valence-electron chi connectivity index (χ3n) is 3.79. The molecule has 0 aliphatic carbocycles. The molecule has 2 heterocycles. The van der Waals surface area contributed by atoms with Crippen LogP contribution in [0.15, 0.2) is 18.2 Å². The highest BCUT2D eigenvalue weighted by molar-refractivity contribution is 8.14. The van der Waals surface area contributed by atoms with E-state index in [1.807, 2.05) is 13.8 Å². The van der Waals surface area contributed by atoms with Gasteiger partial charge in [-0.2, -0.15) is 0 Å². The Morgan fingerprint density at radius 3 is 2.60 bits per heavy atom. The van der Waals surface area contributed by atoms with Crippen LogP contribution in [0.5, 0.6) is 0 Å². The predicted molar refractivity (Wildman–Crippen MR) is 95.6 cm³/mol. The number of imide groups is 1. The number of hydrogen-bond acceptors (Lipinski definition) is 6. The number of carbonyl (C=O) groups is 3. The van der Waals surface area contributed by atoms with Crippen molar-refractivity contribution < 1.29 is 14.4 Å². The van der Waals surface area contributed by atoms with E-state index < -0.39 is 6.03 Å². The first-order chi connectivity index (χ1) is 11.9. The van der Waals surface area contributed by atoms with Gasteiger partial charge in [-0.15, -0.1) is 0 Å². The molecule has 1 fully saturated rings. The maximum absolute atomic E-state index is 12.0. The van der Waals surface area contributed by atoms with Gasteiger partial charge in [-0.3, -0.25) is 14.5 Å². The molecule has 1 saturated heterocycles. The fraction of sp³-hybridized carbons (Fsp3) is 0.312. The number of nitrogens with one attached hydrogen (secondary N) is 2. The molecule has 2 aromatic rings. The second kappa shape index (κ2) is 7.06. The molecule has 1 aromatic heterocycles. The highest BCUT2D eigenvalue weighted by Crippen LogP contribution is 2.18. The monoisotopic (exact) mass is 359 g/mol. The van der Waals surface area contributed by atoms with E-state index >= 15 is 0 Å². The third kappa shape index (κ3) is 3.87. The first-order valence-electron chi connectivity index (χ1n) is 7.71. The van der Waals surface area contributed by atoms with Crippen molar-refractivity contribution in [2.75, 3.05) is 24.2 Å². The molecule has 8 nitrogen and oxygen atoms in total. The van der Waals surface area contributed by atoms with Crippen LogP contribution < -0.4 is 10.6 Å². The van der Waals surface area contributed by atoms with Crippen LogP contribution in [0.2, 0.25) is 0 Å². The molecule has 0 saturated carbocycles. The number of amides is 4. The van der Waals surface area contributed by atoms with E-state index in [0.717, 1.165) is 33.6 Å². The van der Waals surface area contributed by atoms with E-state index in [4.69, 9.17) is 0 Å². The zero-order valence-corrected chi connectivity index (χ0v) is 14.6.